The summed E-state index contributed by atoms with van der Waals surface area (Å²) < 4.78 is 36.8. The SMILES string of the molecule is O=C(O)CN(CC(F)(F)F)C(=O)[C@H]1CCCCN1. The second-order valence-corrected chi connectivity index (χ2v) is 4.21. The van der Waals surface area contributed by atoms with E-state index in [9.17, 15) is 22.8 Å². The van der Waals surface area contributed by atoms with Crippen molar-refractivity contribution in [3.63, 3.8) is 0 Å². The normalized spacial score (nSPS) is 20.5. The number of carboxylic acids is 1. The maximum absolute atomic E-state index is 12.3. The van der Waals surface area contributed by atoms with Gasteiger partial charge >= 0.3 is 12.1 Å². The summed E-state index contributed by atoms with van der Waals surface area (Å²) in [5.41, 5.74) is 0. The molecule has 104 valence electrons. The van der Waals surface area contributed by atoms with Crippen LogP contribution in [-0.4, -0.2) is 53.7 Å². The molecule has 0 radical (unpaired) electrons. The van der Waals surface area contributed by atoms with Crippen LogP contribution in [0.25, 0.3) is 0 Å². The summed E-state index contributed by atoms with van der Waals surface area (Å²) in [5.74, 6) is -2.25. The van der Waals surface area contributed by atoms with E-state index in [1.54, 1.807) is 0 Å². The van der Waals surface area contributed by atoms with Crippen LogP contribution in [-0.2, 0) is 9.59 Å². The quantitative estimate of drug-likeness (QED) is 0.783. The van der Waals surface area contributed by atoms with Crippen molar-refractivity contribution in [1.82, 2.24) is 10.2 Å². The summed E-state index contributed by atoms with van der Waals surface area (Å²) in [7, 11) is 0. The molecule has 0 aromatic carbocycles. The van der Waals surface area contributed by atoms with Crippen LogP contribution in [0.3, 0.4) is 0 Å². The molecule has 8 heteroatoms. The molecule has 0 bridgehead atoms. The van der Waals surface area contributed by atoms with E-state index < -0.39 is 37.2 Å². The van der Waals surface area contributed by atoms with E-state index in [2.05, 4.69) is 5.32 Å². The molecule has 1 amide bonds. The van der Waals surface area contributed by atoms with Crippen LogP contribution in [0.1, 0.15) is 19.3 Å². The van der Waals surface area contributed by atoms with Gasteiger partial charge in [-0.3, -0.25) is 9.59 Å². The van der Waals surface area contributed by atoms with Crippen molar-refractivity contribution < 1.29 is 27.9 Å². The number of carbonyl (C=O) groups is 2. The van der Waals surface area contributed by atoms with Gasteiger partial charge in [0.15, 0.2) is 0 Å². The van der Waals surface area contributed by atoms with Crippen LogP contribution < -0.4 is 5.32 Å². The second-order valence-electron chi connectivity index (χ2n) is 4.21. The smallest absolute Gasteiger partial charge is 0.406 e. The summed E-state index contributed by atoms with van der Waals surface area (Å²) in [6, 6.07) is -0.708. The summed E-state index contributed by atoms with van der Waals surface area (Å²) in [4.78, 5) is 22.7. The maximum Gasteiger partial charge on any atom is 0.406 e. The molecule has 1 aliphatic rings. The van der Waals surface area contributed by atoms with Crippen LogP contribution in [0.15, 0.2) is 0 Å². The third-order valence-corrected chi connectivity index (χ3v) is 2.62. The molecular weight excluding hydrogens is 253 g/mol. The Balaban J connectivity index is 2.68. The minimum Gasteiger partial charge on any atom is -0.480 e. The highest BCUT2D eigenvalue weighted by Gasteiger charge is 2.36. The highest BCUT2D eigenvalue weighted by atomic mass is 19.4. The fourth-order valence-corrected chi connectivity index (χ4v) is 1.87. The fraction of sp³-hybridized carbons (Fsp3) is 0.800. The molecule has 1 aliphatic heterocycles. The number of amides is 1. The number of carboxylic acid groups (broad SMARTS) is 1. The molecule has 0 aromatic rings. The molecule has 1 heterocycles. The highest BCUT2D eigenvalue weighted by Crippen LogP contribution is 2.18. The van der Waals surface area contributed by atoms with E-state index >= 15 is 0 Å². The summed E-state index contributed by atoms with van der Waals surface area (Å²) in [5, 5.41) is 11.4. The summed E-state index contributed by atoms with van der Waals surface area (Å²) in [6.45, 7) is -1.91. The highest BCUT2D eigenvalue weighted by molar-refractivity contribution is 5.85. The number of rotatable bonds is 4. The molecule has 0 saturated carbocycles. The van der Waals surface area contributed by atoms with Gasteiger partial charge in [-0.15, -0.1) is 0 Å². The lowest BCUT2D eigenvalue weighted by Gasteiger charge is -2.29. The van der Waals surface area contributed by atoms with Gasteiger partial charge in [0, 0.05) is 0 Å². The van der Waals surface area contributed by atoms with Crippen LogP contribution in [0.5, 0.6) is 0 Å². The van der Waals surface area contributed by atoms with Gasteiger partial charge in [-0.25, -0.2) is 0 Å². The zero-order valence-corrected chi connectivity index (χ0v) is 9.66. The topological polar surface area (TPSA) is 69.6 Å². The first-order valence-corrected chi connectivity index (χ1v) is 5.60. The Bertz CT molecular complexity index is 314. The predicted molar refractivity (Wildman–Crippen MR) is 55.9 cm³/mol. The van der Waals surface area contributed by atoms with Crippen molar-refractivity contribution in [2.45, 2.75) is 31.5 Å². The maximum atomic E-state index is 12.3. The number of carbonyl (C=O) groups excluding carboxylic acids is 1. The van der Waals surface area contributed by atoms with Gasteiger partial charge in [0.1, 0.15) is 13.1 Å². The number of hydrogen-bond donors (Lipinski definition) is 2. The lowest BCUT2D eigenvalue weighted by molar-refractivity contribution is -0.167. The molecule has 18 heavy (non-hydrogen) atoms. The largest absolute Gasteiger partial charge is 0.480 e. The Labute approximate surface area is 102 Å². The van der Waals surface area contributed by atoms with E-state index in [0.717, 1.165) is 12.8 Å². The minimum absolute atomic E-state index is 0.339. The molecule has 1 atom stereocenters. The van der Waals surface area contributed by atoms with Crippen molar-refractivity contribution in [2.75, 3.05) is 19.6 Å². The van der Waals surface area contributed by atoms with Crippen LogP contribution >= 0.6 is 0 Å². The molecule has 1 rings (SSSR count). The molecule has 0 aromatic heterocycles. The van der Waals surface area contributed by atoms with Crippen molar-refractivity contribution in [3.8, 4) is 0 Å². The number of nitrogens with zero attached hydrogens (tertiary/aromatic N) is 1. The molecule has 0 aliphatic carbocycles. The van der Waals surface area contributed by atoms with Gasteiger partial charge in [0.05, 0.1) is 6.04 Å². The first-order chi connectivity index (χ1) is 8.29. The zero-order valence-electron chi connectivity index (χ0n) is 9.66. The Hall–Kier alpha value is -1.31. The number of alkyl halides is 3. The number of piperidine rings is 1. The Kier molecular flexibility index (Phi) is 4.94. The summed E-state index contributed by atoms with van der Waals surface area (Å²) in [6.07, 6.45) is -2.55. The van der Waals surface area contributed by atoms with Gasteiger partial charge in [-0.1, -0.05) is 6.42 Å². The van der Waals surface area contributed by atoms with Crippen molar-refractivity contribution in [2.24, 2.45) is 0 Å². The standard InChI is InChI=1S/C10H15F3N2O3/c11-10(12,13)6-15(5-8(16)17)9(18)7-3-1-2-4-14-7/h7,14H,1-6H2,(H,16,17)/t7-/m1/s1. The Morgan fingerprint density at radius 2 is 2.00 bits per heavy atom. The lowest BCUT2D eigenvalue weighted by Crippen LogP contribution is -2.52. The van der Waals surface area contributed by atoms with E-state index in [-0.39, 0.29) is 0 Å². The van der Waals surface area contributed by atoms with E-state index in [0.29, 0.717) is 17.9 Å². The second kappa shape index (κ2) is 6.03. The molecule has 5 nitrogen and oxygen atoms in total. The summed E-state index contributed by atoms with van der Waals surface area (Å²) >= 11 is 0. The molecule has 1 fully saturated rings. The fourth-order valence-electron chi connectivity index (χ4n) is 1.87. The van der Waals surface area contributed by atoms with Gasteiger partial charge in [-0.2, -0.15) is 13.2 Å². The van der Waals surface area contributed by atoms with Crippen LogP contribution in [0, 0.1) is 0 Å². The first-order valence-electron chi connectivity index (χ1n) is 5.60. The van der Waals surface area contributed by atoms with Crippen LogP contribution in [0.2, 0.25) is 0 Å². The number of nitrogens with one attached hydrogen (secondary N) is 1. The monoisotopic (exact) mass is 268 g/mol. The Morgan fingerprint density at radius 1 is 1.33 bits per heavy atom. The predicted octanol–water partition coefficient (Wildman–Crippen LogP) is 0.604. The van der Waals surface area contributed by atoms with Gasteiger partial charge in [0.25, 0.3) is 0 Å². The average molecular weight is 268 g/mol. The molecule has 2 N–H and O–H groups in total. The zero-order chi connectivity index (χ0) is 13.8. The molecule has 1 saturated heterocycles. The number of aliphatic carboxylic acids is 1. The third-order valence-electron chi connectivity index (χ3n) is 2.62. The number of halogens is 3. The molecule has 0 unspecified atom stereocenters. The van der Waals surface area contributed by atoms with Gasteiger partial charge in [0.2, 0.25) is 5.91 Å². The van der Waals surface area contributed by atoms with Crippen molar-refractivity contribution in [1.29, 1.82) is 0 Å². The van der Waals surface area contributed by atoms with E-state index in [1.165, 1.54) is 0 Å². The Morgan fingerprint density at radius 3 is 2.44 bits per heavy atom. The van der Waals surface area contributed by atoms with E-state index in [1.807, 2.05) is 0 Å². The minimum atomic E-state index is -4.60. The van der Waals surface area contributed by atoms with Crippen molar-refractivity contribution in [3.05, 3.63) is 0 Å². The lowest BCUT2D eigenvalue weighted by atomic mass is 10.0. The third kappa shape index (κ3) is 4.91. The molecular formula is C10H15F3N2O3. The van der Waals surface area contributed by atoms with Gasteiger partial charge < -0.3 is 15.3 Å². The van der Waals surface area contributed by atoms with Crippen molar-refractivity contribution >= 4 is 11.9 Å². The average Bonchev–Trinajstić information content (AvgIpc) is 2.26. The molecule has 0 spiro atoms. The number of hydrogen-bond acceptors (Lipinski definition) is 3. The van der Waals surface area contributed by atoms with E-state index in [4.69, 9.17) is 5.11 Å². The first kappa shape index (κ1) is 14.7. The van der Waals surface area contributed by atoms with Gasteiger partial charge in [-0.05, 0) is 19.4 Å². The van der Waals surface area contributed by atoms with Crippen LogP contribution in [0.4, 0.5) is 13.2 Å².